The molecule has 0 aliphatic heterocycles. The average molecular weight is 293 g/mol. The molecule has 106 valence electrons. The molecule has 0 fully saturated rings. The van der Waals surface area contributed by atoms with Crippen LogP contribution in [0.3, 0.4) is 0 Å². The van der Waals surface area contributed by atoms with E-state index in [1.54, 1.807) is 12.1 Å². The first-order chi connectivity index (χ1) is 9.56. The number of nitrogens with zero attached hydrogens (tertiary/aromatic N) is 2. The Labute approximate surface area is 117 Å². The lowest BCUT2D eigenvalue weighted by Gasteiger charge is -2.10. The van der Waals surface area contributed by atoms with Crippen molar-refractivity contribution < 1.29 is 13.5 Å². The highest BCUT2D eigenvalue weighted by molar-refractivity contribution is 7.92. The first-order valence-electron chi connectivity index (χ1n) is 6.09. The van der Waals surface area contributed by atoms with Crippen molar-refractivity contribution in [2.75, 3.05) is 4.72 Å². The Morgan fingerprint density at radius 2 is 1.90 bits per heavy atom. The Hall–Kier alpha value is -1.99. The molecule has 2 rings (SSSR count). The first kappa shape index (κ1) is 14.4. The van der Waals surface area contributed by atoms with Crippen molar-refractivity contribution in [2.24, 2.45) is 0 Å². The quantitative estimate of drug-likeness (QED) is 0.867. The van der Waals surface area contributed by atoms with E-state index in [1.807, 2.05) is 6.92 Å². The summed E-state index contributed by atoms with van der Waals surface area (Å²) in [6, 6.07) is 6.26. The second-order valence-corrected chi connectivity index (χ2v) is 5.80. The van der Waals surface area contributed by atoms with E-state index in [0.29, 0.717) is 5.56 Å². The molecule has 2 N–H and O–H groups in total. The first-order valence-corrected chi connectivity index (χ1v) is 7.57. The van der Waals surface area contributed by atoms with Crippen LogP contribution in [0.15, 0.2) is 41.6 Å². The standard InChI is InChI=1S/C13H15N3O3S/c1-2-10-4-5-12(8-11(10)9-17)20(18,19)16-13-14-6-3-7-15-13/h3-8,17H,2,9H2,1H3,(H,14,15,16). The van der Waals surface area contributed by atoms with Crippen molar-refractivity contribution in [1.29, 1.82) is 0 Å². The third kappa shape index (κ3) is 3.12. The highest BCUT2D eigenvalue weighted by Gasteiger charge is 2.16. The second kappa shape index (κ2) is 5.98. The number of rotatable bonds is 5. The van der Waals surface area contributed by atoms with E-state index in [2.05, 4.69) is 14.7 Å². The normalized spacial score (nSPS) is 11.3. The predicted molar refractivity (Wildman–Crippen MR) is 74.6 cm³/mol. The van der Waals surface area contributed by atoms with Crippen molar-refractivity contribution in [3.05, 3.63) is 47.8 Å². The molecule has 1 heterocycles. The number of hydrogen-bond acceptors (Lipinski definition) is 5. The van der Waals surface area contributed by atoms with Crippen LogP contribution in [0, 0.1) is 0 Å². The van der Waals surface area contributed by atoms with E-state index in [4.69, 9.17) is 0 Å². The molecule has 0 saturated heterocycles. The maximum absolute atomic E-state index is 12.2. The number of anilines is 1. The minimum atomic E-state index is -3.76. The lowest BCUT2D eigenvalue weighted by molar-refractivity contribution is 0.280. The summed E-state index contributed by atoms with van der Waals surface area (Å²) in [6.07, 6.45) is 3.62. The fraction of sp³-hybridized carbons (Fsp3) is 0.231. The highest BCUT2D eigenvalue weighted by Crippen LogP contribution is 2.18. The molecular formula is C13H15N3O3S. The van der Waals surface area contributed by atoms with E-state index in [-0.39, 0.29) is 17.5 Å². The van der Waals surface area contributed by atoms with E-state index in [0.717, 1.165) is 12.0 Å². The predicted octanol–water partition coefficient (Wildman–Crippen LogP) is 1.33. The van der Waals surface area contributed by atoms with Gasteiger partial charge in [-0.05, 0) is 35.7 Å². The molecule has 0 bridgehead atoms. The van der Waals surface area contributed by atoms with E-state index in [9.17, 15) is 13.5 Å². The van der Waals surface area contributed by atoms with Gasteiger partial charge in [-0.1, -0.05) is 13.0 Å². The van der Waals surface area contributed by atoms with Gasteiger partial charge in [0.15, 0.2) is 0 Å². The topological polar surface area (TPSA) is 92.2 Å². The van der Waals surface area contributed by atoms with Gasteiger partial charge in [0.1, 0.15) is 0 Å². The second-order valence-electron chi connectivity index (χ2n) is 4.12. The molecule has 0 aliphatic rings. The smallest absolute Gasteiger partial charge is 0.264 e. The molecule has 0 atom stereocenters. The number of hydrogen-bond donors (Lipinski definition) is 2. The Bertz CT molecular complexity index is 687. The molecule has 0 saturated carbocycles. The molecule has 1 aromatic heterocycles. The molecule has 0 aliphatic carbocycles. The summed E-state index contributed by atoms with van der Waals surface area (Å²) in [4.78, 5) is 7.71. The van der Waals surface area contributed by atoms with E-state index in [1.165, 1.54) is 24.5 Å². The molecule has 7 heteroatoms. The van der Waals surface area contributed by atoms with Crippen molar-refractivity contribution in [1.82, 2.24) is 9.97 Å². The van der Waals surface area contributed by atoms with Gasteiger partial charge in [0.2, 0.25) is 5.95 Å². The van der Waals surface area contributed by atoms with Crippen LogP contribution in [0.1, 0.15) is 18.1 Å². The van der Waals surface area contributed by atoms with Gasteiger partial charge < -0.3 is 5.11 Å². The van der Waals surface area contributed by atoms with Crippen molar-refractivity contribution in [3.63, 3.8) is 0 Å². The number of aliphatic hydroxyl groups is 1. The number of sulfonamides is 1. The SMILES string of the molecule is CCc1ccc(S(=O)(=O)Nc2ncccn2)cc1CO. The van der Waals surface area contributed by atoms with Gasteiger partial charge in [-0.2, -0.15) is 0 Å². The van der Waals surface area contributed by atoms with Gasteiger partial charge in [0.25, 0.3) is 10.0 Å². The summed E-state index contributed by atoms with van der Waals surface area (Å²) in [6.45, 7) is 1.74. The van der Waals surface area contributed by atoms with E-state index >= 15 is 0 Å². The summed E-state index contributed by atoms with van der Waals surface area (Å²) in [5.41, 5.74) is 1.52. The van der Waals surface area contributed by atoms with Crippen molar-refractivity contribution in [2.45, 2.75) is 24.8 Å². The lowest BCUT2D eigenvalue weighted by Crippen LogP contribution is -2.15. The highest BCUT2D eigenvalue weighted by atomic mass is 32.2. The number of nitrogens with one attached hydrogen (secondary N) is 1. The number of aliphatic hydroxyl groups excluding tert-OH is 1. The van der Waals surface area contributed by atoms with Crippen LogP contribution in [-0.4, -0.2) is 23.5 Å². The Morgan fingerprint density at radius 3 is 2.50 bits per heavy atom. The largest absolute Gasteiger partial charge is 0.392 e. The van der Waals surface area contributed by atoms with Crippen LogP contribution in [0.25, 0.3) is 0 Å². The maximum atomic E-state index is 12.2. The van der Waals surface area contributed by atoms with Gasteiger partial charge in [-0.15, -0.1) is 0 Å². The summed E-state index contributed by atoms with van der Waals surface area (Å²) in [7, 11) is -3.76. The van der Waals surface area contributed by atoms with Gasteiger partial charge in [0, 0.05) is 12.4 Å². The third-order valence-electron chi connectivity index (χ3n) is 2.83. The zero-order chi connectivity index (χ0) is 14.6. The van der Waals surface area contributed by atoms with E-state index < -0.39 is 10.0 Å². The Morgan fingerprint density at radius 1 is 1.20 bits per heavy atom. The van der Waals surface area contributed by atoms with Crippen LogP contribution in [0.2, 0.25) is 0 Å². The summed E-state index contributed by atoms with van der Waals surface area (Å²) >= 11 is 0. The van der Waals surface area contributed by atoms with Gasteiger partial charge in [0.05, 0.1) is 11.5 Å². The molecule has 0 spiro atoms. The maximum Gasteiger partial charge on any atom is 0.264 e. The fourth-order valence-electron chi connectivity index (χ4n) is 1.79. The van der Waals surface area contributed by atoms with Gasteiger partial charge in [-0.25, -0.2) is 23.1 Å². The van der Waals surface area contributed by atoms with Crippen LogP contribution in [-0.2, 0) is 23.1 Å². The lowest BCUT2D eigenvalue weighted by atomic mass is 10.1. The molecule has 0 amide bonds. The van der Waals surface area contributed by atoms with Crippen molar-refractivity contribution in [3.8, 4) is 0 Å². The molecular weight excluding hydrogens is 278 g/mol. The number of aryl methyl sites for hydroxylation is 1. The molecule has 1 aromatic carbocycles. The summed E-state index contributed by atoms with van der Waals surface area (Å²) in [5, 5.41) is 9.29. The Kier molecular flexibility index (Phi) is 4.31. The zero-order valence-electron chi connectivity index (χ0n) is 10.9. The molecule has 2 aromatic rings. The summed E-state index contributed by atoms with van der Waals surface area (Å²) in [5.74, 6) is 0.0117. The fourth-order valence-corrected chi connectivity index (χ4v) is 2.80. The molecule has 20 heavy (non-hydrogen) atoms. The Balaban J connectivity index is 2.35. The van der Waals surface area contributed by atoms with Crippen LogP contribution in [0.4, 0.5) is 5.95 Å². The van der Waals surface area contributed by atoms with Crippen LogP contribution in [0.5, 0.6) is 0 Å². The monoisotopic (exact) mass is 293 g/mol. The molecule has 0 radical (unpaired) electrons. The third-order valence-corrected chi connectivity index (χ3v) is 4.16. The number of benzene rings is 1. The van der Waals surface area contributed by atoms with Crippen molar-refractivity contribution >= 4 is 16.0 Å². The van der Waals surface area contributed by atoms with Gasteiger partial charge >= 0.3 is 0 Å². The van der Waals surface area contributed by atoms with Gasteiger partial charge in [-0.3, -0.25) is 0 Å². The zero-order valence-corrected chi connectivity index (χ0v) is 11.8. The molecule has 0 unspecified atom stereocenters. The van der Waals surface area contributed by atoms with Crippen LogP contribution >= 0.6 is 0 Å². The number of aromatic nitrogens is 2. The minimum Gasteiger partial charge on any atom is -0.392 e. The average Bonchev–Trinajstić information content (AvgIpc) is 2.47. The molecule has 6 nitrogen and oxygen atoms in total. The van der Waals surface area contributed by atoms with Crippen LogP contribution < -0.4 is 4.72 Å². The minimum absolute atomic E-state index is 0.0117. The summed E-state index contributed by atoms with van der Waals surface area (Å²) < 4.78 is 26.7.